The molecule has 1 fully saturated rings. The van der Waals surface area contributed by atoms with Gasteiger partial charge in [0.15, 0.2) is 5.65 Å². The maximum atomic E-state index is 6.00. The first-order valence-corrected chi connectivity index (χ1v) is 10.1. The Labute approximate surface area is 169 Å². The lowest BCUT2D eigenvalue weighted by atomic mass is 10.1. The number of rotatable bonds is 3. The zero-order valence-corrected chi connectivity index (χ0v) is 16.5. The third-order valence-electron chi connectivity index (χ3n) is 5.57. The summed E-state index contributed by atoms with van der Waals surface area (Å²) < 4.78 is 0. The normalized spacial score (nSPS) is 15.2. The van der Waals surface area contributed by atoms with E-state index >= 15 is 0 Å². The van der Waals surface area contributed by atoms with E-state index < -0.39 is 0 Å². The van der Waals surface area contributed by atoms with Gasteiger partial charge in [0.2, 0.25) is 0 Å². The van der Waals surface area contributed by atoms with E-state index in [9.17, 15) is 0 Å². The third kappa shape index (κ3) is 3.59. The van der Waals surface area contributed by atoms with Crippen LogP contribution >= 0.6 is 0 Å². The van der Waals surface area contributed by atoms with E-state index in [2.05, 4.69) is 68.2 Å². The minimum absolute atomic E-state index is 0.322. The number of hydrogen-bond donors (Lipinski definition) is 2. The monoisotopic (exact) mass is 384 g/mol. The minimum atomic E-state index is 0.322. The lowest BCUT2D eigenvalue weighted by Gasteiger charge is -2.31. The van der Waals surface area contributed by atoms with Crippen molar-refractivity contribution in [2.45, 2.75) is 25.8 Å². The molecule has 1 aliphatic rings. The van der Waals surface area contributed by atoms with Crippen molar-refractivity contribution in [1.82, 2.24) is 19.9 Å². The molecule has 0 saturated carbocycles. The Bertz CT molecular complexity index is 1140. The molecule has 0 bridgehead atoms. The van der Waals surface area contributed by atoms with Crippen molar-refractivity contribution >= 4 is 17.0 Å². The van der Waals surface area contributed by atoms with Crippen LogP contribution < -0.4 is 10.6 Å². The number of aryl methyl sites for hydroxylation is 1. The summed E-state index contributed by atoms with van der Waals surface area (Å²) in [6.45, 7) is 4.02. The molecule has 0 spiro atoms. The highest BCUT2D eigenvalue weighted by molar-refractivity contribution is 5.81. The van der Waals surface area contributed by atoms with E-state index in [1.54, 1.807) is 0 Å². The largest absolute Gasteiger partial charge is 0.357 e. The fraction of sp³-hybridized carbons (Fsp3) is 0.261. The van der Waals surface area contributed by atoms with E-state index in [0.717, 1.165) is 65.4 Å². The van der Waals surface area contributed by atoms with Gasteiger partial charge in [-0.3, -0.25) is 0 Å². The van der Waals surface area contributed by atoms with Gasteiger partial charge in [0.05, 0.1) is 5.52 Å². The first-order valence-electron chi connectivity index (χ1n) is 10.1. The van der Waals surface area contributed by atoms with Crippen molar-refractivity contribution in [3.05, 3.63) is 60.4 Å². The number of imidazole rings is 1. The van der Waals surface area contributed by atoms with E-state index in [1.807, 2.05) is 18.5 Å². The molecule has 5 rings (SSSR count). The summed E-state index contributed by atoms with van der Waals surface area (Å²) >= 11 is 0. The van der Waals surface area contributed by atoms with Crippen LogP contribution in [0.2, 0.25) is 0 Å². The molecule has 1 aromatic carbocycles. The number of nitrogens with one attached hydrogen (secondary N) is 1. The zero-order valence-electron chi connectivity index (χ0n) is 16.5. The number of aromatic amines is 1. The molecule has 3 aromatic heterocycles. The van der Waals surface area contributed by atoms with Crippen molar-refractivity contribution < 1.29 is 0 Å². The number of hydrogen-bond acceptors (Lipinski definition) is 5. The van der Waals surface area contributed by atoms with Crippen molar-refractivity contribution in [1.29, 1.82) is 0 Å². The SMILES string of the molecule is Cc1cccc(-c2nc3ncc(-c4ccc(N5CCC(N)CC5)nc4)cc3[nH]2)c1. The van der Waals surface area contributed by atoms with Gasteiger partial charge in [-0.25, -0.2) is 15.0 Å². The topological polar surface area (TPSA) is 83.7 Å². The van der Waals surface area contributed by atoms with E-state index in [1.165, 1.54) is 5.56 Å². The van der Waals surface area contributed by atoms with Crippen molar-refractivity contribution in [2.75, 3.05) is 18.0 Å². The van der Waals surface area contributed by atoms with Crippen molar-refractivity contribution in [3.63, 3.8) is 0 Å². The van der Waals surface area contributed by atoms with Gasteiger partial charge in [-0.05, 0) is 44.0 Å². The fourth-order valence-corrected chi connectivity index (χ4v) is 3.86. The molecule has 0 aliphatic carbocycles. The molecule has 0 radical (unpaired) electrons. The smallest absolute Gasteiger partial charge is 0.178 e. The number of piperidine rings is 1. The van der Waals surface area contributed by atoms with Crippen LogP contribution in [0, 0.1) is 6.92 Å². The molecule has 146 valence electrons. The maximum Gasteiger partial charge on any atom is 0.178 e. The van der Waals surface area contributed by atoms with Crippen molar-refractivity contribution in [2.24, 2.45) is 5.73 Å². The number of anilines is 1. The molecule has 6 nitrogen and oxygen atoms in total. The second kappa shape index (κ2) is 7.29. The van der Waals surface area contributed by atoms with Gasteiger partial charge >= 0.3 is 0 Å². The highest BCUT2D eigenvalue weighted by atomic mass is 15.2. The molecular weight excluding hydrogens is 360 g/mol. The molecule has 29 heavy (non-hydrogen) atoms. The summed E-state index contributed by atoms with van der Waals surface area (Å²) in [4.78, 5) is 19.6. The van der Waals surface area contributed by atoms with Gasteiger partial charge in [0.25, 0.3) is 0 Å². The van der Waals surface area contributed by atoms with Crippen molar-refractivity contribution in [3.8, 4) is 22.5 Å². The second-order valence-corrected chi connectivity index (χ2v) is 7.78. The van der Waals surface area contributed by atoms with Gasteiger partial charge in [-0.2, -0.15) is 0 Å². The van der Waals surface area contributed by atoms with Gasteiger partial charge < -0.3 is 15.6 Å². The highest BCUT2D eigenvalue weighted by Gasteiger charge is 2.17. The fourth-order valence-electron chi connectivity index (χ4n) is 3.86. The average molecular weight is 384 g/mol. The number of H-pyrrole nitrogens is 1. The molecule has 0 amide bonds. The number of aromatic nitrogens is 4. The Morgan fingerprint density at radius 1 is 0.966 bits per heavy atom. The van der Waals surface area contributed by atoms with Crippen LogP contribution in [0.4, 0.5) is 5.82 Å². The molecule has 1 saturated heterocycles. The van der Waals surface area contributed by atoms with Crippen LogP contribution in [0.15, 0.2) is 54.9 Å². The number of nitrogens with two attached hydrogens (primary N) is 1. The Kier molecular flexibility index (Phi) is 4.48. The number of nitrogens with zero attached hydrogens (tertiary/aromatic N) is 4. The van der Waals surface area contributed by atoms with E-state index in [-0.39, 0.29) is 0 Å². The molecular formula is C23H24N6. The summed E-state index contributed by atoms with van der Waals surface area (Å²) in [6, 6.07) is 14.9. The van der Waals surface area contributed by atoms with Gasteiger partial charge in [0.1, 0.15) is 11.6 Å². The molecule has 0 unspecified atom stereocenters. The molecule has 1 aliphatic heterocycles. The van der Waals surface area contributed by atoms with E-state index in [4.69, 9.17) is 5.73 Å². The number of benzene rings is 1. The summed E-state index contributed by atoms with van der Waals surface area (Å²) in [5.74, 6) is 1.85. The Morgan fingerprint density at radius 3 is 2.55 bits per heavy atom. The summed E-state index contributed by atoms with van der Waals surface area (Å²) in [5, 5.41) is 0. The Hall–Kier alpha value is -3.25. The molecule has 6 heteroatoms. The lowest BCUT2D eigenvalue weighted by Crippen LogP contribution is -2.40. The predicted molar refractivity (Wildman–Crippen MR) is 117 cm³/mol. The quantitative estimate of drug-likeness (QED) is 0.559. The molecule has 0 atom stereocenters. The molecule has 3 N–H and O–H groups in total. The first kappa shape index (κ1) is 17.8. The van der Waals surface area contributed by atoms with Gasteiger partial charge in [-0.15, -0.1) is 0 Å². The first-order chi connectivity index (χ1) is 14.2. The van der Waals surface area contributed by atoms with Crippen LogP contribution in [0.3, 0.4) is 0 Å². The summed E-state index contributed by atoms with van der Waals surface area (Å²) in [6.07, 6.45) is 5.82. The molecule has 4 heterocycles. The third-order valence-corrected chi connectivity index (χ3v) is 5.57. The van der Waals surface area contributed by atoms with Crippen LogP contribution in [0.25, 0.3) is 33.7 Å². The summed E-state index contributed by atoms with van der Waals surface area (Å²) in [5.41, 5.74) is 12.0. The highest BCUT2D eigenvalue weighted by Crippen LogP contribution is 2.26. The Morgan fingerprint density at radius 2 is 1.79 bits per heavy atom. The van der Waals surface area contributed by atoms with Gasteiger partial charge in [-0.1, -0.05) is 23.8 Å². The standard InChI is InChI=1S/C23H24N6/c1-15-3-2-4-16(11-15)22-27-20-12-18(14-26-23(20)28-22)17-5-6-21(25-13-17)29-9-7-19(24)8-10-29/h2-6,11-14,19H,7-10,24H2,1H3,(H,26,27,28). The Balaban J connectivity index is 1.41. The maximum absolute atomic E-state index is 6.00. The number of pyridine rings is 2. The second-order valence-electron chi connectivity index (χ2n) is 7.78. The molecule has 4 aromatic rings. The number of fused-ring (bicyclic) bond motifs is 1. The average Bonchev–Trinajstić information content (AvgIpc) is 3.18. The zero-order chi connectivity index (χ0) is 19.8. The lowest BCUT2D eigenvalue weighted by molar-refractivity contribution is 0.498. The summed E-state index contributed by atoms with van der Waals surface area (Å²) in [7, 11) is 0. The van der Waals surface area contributed by atoms with Crippen LogP contribution in [0.1, 0.15) is 18.4 Å². The van der Waals surface area contributed by atoms with E-state index in [0.29, 0.717) is 6.04 Å². The minimum Gasteiger partial charge on any atom is -0.357 e. The van der Waals surface area contributed by atoms with Crippen LogP contribution in [0.5, 0.6) is 0 Å². The van der Waals surface area contributed by atoms with Crippen LogP contribution in [-0.2, 0) is 0 Å². The predicted octanol–water partition coefficient (Wildman–Crippen LogP) is 3.92. The van der Waals surface area contributed by atoms with Gasteiger partial charge in [0, 0.05) is 48.2 Å². The van der Waals surface area contributed by atoms with Crippen LogP contribution in [-0.4, -0.2) is 39.1 Å².